The number of pyridine rings is 1. The van der Waals surface area contributed by atoms with Crippen molar-refractivity contribution in [3.05, 3.63) is 70.1 Å². The number of aromatic nitrogens is 4. The Labute approximate surface area is 204 Å². The molecule has 0 saturated heterocycles. The molecular formula is C25H24ClF3N4O2. The van der Waals surface area contributed by atoms with E-state index in [2.05, 4.69) is 9.97 Å². The SMILES string of the molecule is Cn1c(=O)ccc2c1c(-c1cc(Cl)cc(OC3CCC(C(F)(F)F)CC3)c1)cn2Cc1cnc[nH]1. The highest BCUT2D eigenvalue weighted by Gasteiger charge is 2.41. The van der Waals surface area contributed by atoms with Gasteiger partial charge in [0.05, 0.1) is 41.6 Å². The van der Waals surface area contributed by atoms with Crippen LogP contribution in [0.1, 0.15) is 31.4 Å². The highest BCUT2D eigenvalue weighted by Crippen LogP contribution is 2.40. The van der Waals surface area contributed by atoms with E-state index >= 15 is 0 Å². The molecule has 1 fully saturated rings. The van der Waals surface area contributed by atoms with Crippen molar-refractivity contribution in [3.8, 4) is 16.9 Å². The maximum atomic E-state index is 13.0. The highest BCUT2D eigenvalue weighted by molar-refractivity contribution is 6.31. The van der Waals surface area contributed by atoms with Crippen molar-refractivity contribution in [1.29, 1.82) is 0 Å². The second-order valence-corrected chi connectivity index (χ2v) is 9.46. The standard InChI is InChI=1S/C25H24ClF3N4O2/c1-32-23(34)7-6-22-24(32)21(13-33(22)12-18-11-30-14-31-18)15-8-17(26)10-20(9-15)35-19-4-2-16(3-5-19)25(27,28)29/h6-11,13-14,16,19H,2-5,12H2,1H3,(H,30,31). The number of aryl methyl sites for hydroxylation is 1. The number of nitrogens with one attached hydrogen (secondary N) is 1. The van der Waals surface area contributed by atoms with Crippen molar-refractivity contribution < 1.29 is 17.9 Å². The summed E-state index contributed by atoms with van der Waals surface area (Å²) in [7, 11) is 1.72. The van der Waals surface area contributed by atoms with E-state index in [9.17, 15) is 18.0 Å². The lowest BCUT2D eigenvalue weighted by atomic mass is 9.87. The fraction of sp³-hybridized carbons (Fsp3) is 0.360. The average molecular weight is 505 g/mol. The summed E-state index contributed by atoms with van der Waals surface area (Å²) in [6.45, 7) is 0.529. The highest BCUT2D eigenvalue weighted by atomic mass is 35.5. The molecule has 0 bridgehead atoms. The predicted octanol–water partition coefficient (Wildman–Crippen LogP) is 5.93. The minimum Gasteiger partial charge on any atom is -0.490 e. The van der Waals surface area contributed by atoms with Crippen LogP contribution in [-0.4, -0.2) is 31.4 Å². The van der Waals surface area contributed by atoms with Crippen LogP contribution in [0.3, 0.4) is 0 Å². The molecule has 0 atom stereocenters. The van der Waals surface area contributed by atoms with Crippen LogP contribution in [-0.2, 0) is 13.6 Å². The molecule has 10 heteroatoms. The minimum atomic E-state index is -4.16. The molecule has 0 unspecified atom stereocenters. The number of rotatable bonds is 5. The fourth-order valence-electron chi connectivity index (χ4n) is 4.84. The second-order valence-electron chi connectivity index (χ2n) is 9.02. The Morgan fingerprint density at radius 1 is 1.17 bits per heavy atom. The molecule has 1 N–H and O–H groups in total. The first-order valence-corrected chi connectivity index (χ1v) is 11.8. The number of ether oxygens (including phenoxy) is 1. The molecule has 0 amide bonds. The normalized spacial score (nSPS) is 18.8. The molecule has 1 saturated carbocycles. The van der Waals surface area contributed by atoms with E-state index in [0.29, 0.717) is 30.2 Å². The van der Waals surface area contributed by atoms with Crippen LogP contribution in [0.5, 0.6) is 5.75 Å². The smallest absolute Gasteiger partial charge is 0.391 e. The van der Waals surface area contributed by atoms with E-state index in [1.54, 1.807) is 42.3 Å². The predicted molar refractivity (Wildman–Crippen MR) is 128 cm³/mol. The summed E-state index contributed by atoms with van der Waals surface area (Å²) in [6, 6.07) is 8.61. The Balaban J connectivity index is 1.48. The van der Waals surface area contributed by atoms with Gasteiger partial charge in [-0.25, -0.2) is 4.98 Å². The Kier molecular flexibility index (Phi) is 6.13. The lowest BCUT2D eigenvalue weighted by molar-refractivity contribution is -0.185. The lowest BCUT2D eigenvalue weighted by Crippen LogP contribution is -2.31. The molecule has 0 aliphatic heterocycles. The van der Waals surface area contributed by atoms with Crippen LogP contribution >= 0.6 is 11.6 Å². The topological polar surface area (TPSA) is 64.8 Å². The van der Waals surface area contributed by atoms with Crippen molar-refractivity contribution in [2.75, 3.05) is 0 Å². The molecule has 35 heavy (non-hydrogen) atoms. The average Bonchev–Trinajstić information content (AvgIpc) is 3.44. The number of benzene rings is 1. The maximum absolute atomic E-state index is 13.0. The van der Waals surface area contributed by atoms with E-state index in [4.69, 9.17) is 16.3 Å². The summed E-state index contributed by atoms with van der Waals surface area (Å²) < 4.78 is 48.7. The van der Waals surface area contributed by atoms with E-state index in [-0.39, 0.29) is 24.5 Å². The number of imidazole rings is 1. The van der Waals surface area contributed by atoms with Gasteiger partial charge < -0.3 is 18.9 Å². The van der Waals surface area contributed by atoms with Gasteiger partial charge in [-0.15, -0.1) is 0 Å². The second kappa shape index (κ2) is 9.11. The first kappa shape index (κ1) is 23.5. The van der Waals surface area contributed by atoms with Gasteiger partial charge in [0.1, 0.15) is 5.75 Å². The number of nitrogens with zero attached hydrogens (tertiary/aromatic N) is 3. The molecule has 0 spiro atoms. The molecule has 1 aromatic carbocycles. The van der Waals surface area contributed by atoms with E-state index in [0.717, 1.165) is 27.9 Å². The van der Waals surface area contributed by atoms with Crippen molar-refractivity contribution in [3.63, 3.8) is 0 Å². The van der Waals surface area contributed by atoms with E-state index in [1.807, 2.05) is 16.8 Å². The molecule has 1 aliphatic rings. The monoisotopic (exact) mass is 504 g/mol. The number of hydrogen-bond acceptors (Lipinski definition) is 3. The number of aromatic amines is 1. The van der Waals surface area contributed by atoms with Crippen molar-refractivity contribution in [1.82, 2.24) is 19.1 Å². The van der Waals surface area contributed by atoms with Crippen molar-refractivity contribution in [2.24, 2.45) is 13.0 Å². The van der Waals surface area contributed by atoms with Crippen LogP contribution in [0.15, 0.2) is 53.8 Å². The number of fused-ring (bicyclic) bond motifs is 1. The zero-order chi connectivity index (χ0) is 24.7. The number of hydrogen-bond donors (Lipinski definition) is 1. The zero-order valence-electron chi connectivity index (χ0n) is 19.0. The van der Waals surface area contributed by atoms with Gasteiger partial charge in [0.2, 0.25) is 0 Å². The third kappa shape index (κ3) is 4.82. The van der Waals surface area contributed by atoms with Crippen LogP contribution in [0, 0.1) is 5.92 Å². The molecule has 1 aliphatic carbocycles. The summed E-state index contributed by atoms with van der Waals surface area (Å²) in [5.74, 6) is -0.766. The Bertz CT molecular complexity index is 1400. The van der Waals surface area contributed by atoms with Gasteiger partial charge in [-0.2, -0.15) is 13.2 Å². The first-order valence-electron chi connectivity index (χ1n) is 11.4. The Morgan fingerprint density at radius 2 is 1.94 bits per heavy atom. The molecule has 4 aromatic rings. The van der Waals surface area contributed by atoms with Crippen LogP contribution in [0.4, 0.5) is 13.2 Å². The molecular weight excluding hydrogens is 481 g/mol. The molecule has 5 rings (SSSR count). The Morgan fingerprint density at radius 3 is 2.63 bits per heavy atom. The van der Waals surface area contributed by atoms with E-state index in [1.165, 1.54) is 6.07 Å². The number of halogens is 4. The Hall–Kier alpha value is -3.20. The van der Waals surface area contributed by atoms with Crippen molar-refractivity contribution >= 4 is 22.6 Å². The molecule has 3 aromatic heterocycles. The minimum absolute atomic E-state index is 0.0603. The maximum Gasteiger partial charge on any atom is 0.391 e. The van der Waals surface area contributed by atoms with Crippen LogP contribution in [0.2, 0.25) is 5.02 Å². The van der Waals surface area contributed by atoms with Gasteiger partial charge in [-0.3, -0.25) is 4.79 Å². The van der Waals surface area contributed by atoms with Crippen LogP contribution in [0.25, 0.3) is 22.2 Å². The third-order valence-electron chi connectivity index (χ3n) is 6.66. The van der Waals surface area contributed by atoms with Gasteiger partial charge in [0.15, 0.2) is 0 Å². The fourth-order valence-corrected chi connectivity index (χ4v) is 5.07. The zero-order valence-corrected chi connectivity index (χ0v) is 19.7. The summed E-state index contributed by atoms with van der Waals surface area (Å²) >= 11 is 6.43. The molecule has 6 nitrogen and oxygen atoms in total. The van der Waals surface area contributed by atoms with Gasteiger partial charge in [0, 0.05) is 36.1 Å². The van der Waals surface area contributed by atoms with Crippen LogP contribution < -0.4 is 10.3 Å². The summed E-state index contributed by atoms with van der Waals surface area (Å²) in [5, 5.41) is 0.442. The summed E-state index contributed by atoms with van der Waals surface area (Å²) in [5.41, 5.74) is 3.93. The van der Waals surface area contributed by atoms with Gasteiger partial charge >= 0.3 is 6.18 Å². The van der Waals surface area contributed by atoms with Gasteiger partial charge in [-0.05, 0) is 55.5 Å². The molecule has 0 radical (unpaired) electrons. The largest absolute Gasteiger partial charge is 0.490 e. The number of H-pyrrole nitrogens is 1. The number of alkyl halides is 3. The van der Waals surface area contributed by atoms with Gasteiger partial charge in [0.25, 0.3) is 5.56 Å². The quantitative estimate of drug-likeness (QED) is 0.366. The lowest BCUT2D eigenvalue weighted by Gasteiger charge is -2.30. The van der Waals surface area contributed by atoms with Gasteiger partial charge in [-0.1, -0.05) is 11.6 Å². The summed E-state index contributed by atoms with van der Waals surface area (Å²) in [4.78, 5) is 19.6. The summed E-state index contributed by atoms with van der Waals surface area (Å²) in [6.07, 6.45) is 1.64. The van der Waals surface area contributed by atoms with Crippen molar-refractivity contribution in [2.45, 2.75) is 44.5 Å². The van der Waals surface area contributed by atoms with E-state index < -0.39 is 12.1 Å². The molecule has 184 valence electrons. The third-order valence-corrected chi connectivity index (χ3v) is 6.88. The first-order chi connectivity index (χ1) is 16.7. The molecule has 3 heterocycles.